The molecule has 3 rings (SSSR count). The largest absolute Gasteiger partial charge is 0.497 e. The van der Waals surface area contributed by atoms with Gasteiger partial charge in [0.25, 0.3) is 0 Å². The molecular formula is C21H25BrN2O2. The van der Waals surface area contributed by atoms with Crippen LogP contribution in [0, 0.1) is 0 Å². The number of amides is 1. The van der Waals surface area contributed by atoms with E-state index in [4.69, 9.17) is 4.74 Å². The summed E-state index contributed by atoms with van der Waals surface area (Å²) in [5.41, 5.74) is 2.06. The van der Waals surface area contributed by atoms with E-state index in [0.29, 0.717) is 6.54 Å². The van der Waals surface area contributed by atoms with Gasteiger partial charge in [-0.2, -0.15) is 0 Å². The van der Waals surface area contributed by atoms with Crippen LogP contribution in [0.1, 0.15) is 37.3 Å². The molecule has 138 valence electrons. The molecule has 1 heterocycles. The summed E-state index contributed by atoms with van der Waals surface area (Å²) in [6, 6.07) is 16.2. The van der Waals surface area contributed by atoms with Crippen LogP contribution < -0.4 is 10.1 Å². The third-order valence-electron chi connectivity index (χ3n) is 4.86. The Morgan fingerprint density at radius 2 is 1.92 bits per heavy atom. The van der Waals surface area contributed by atoms with E-state index >= 15 is 0 Å². The van der Waals surface area contributed by atoms with Crippen molar-refractivity contribution in [3.8, 4) is 5.75 Å². The number of anilines is 1. The van der Waals surface area contributed by atoms with E-state index in [1.54, 1.807) is 7.11 Å². The predicted molar refractivity (Wildman–Crippen MR) is 109 cm³/mol. The maximum atomic E-state index is 12.6. The van der Waals surface area contributed by atoms with Gasteiger partial charge in [-0.25, -0.2) is 0 Å². The van der Waals surface area contributed by atoms with Crippen molar-refractivity contribution in [2.45, 2.75) is 31.7 Å². The van der Waals surface area contributed by atoms with Crippen LogP contribution in [0.15, 0.2) is 53.0 Å². The fourth-order valence-electron chi connectivity index (χ4n) is 3.50. The van der Waals surface area contributed by atoms with Gasteiger partial charge in [0.15, 0.2) is 0 Å². The first-order valence-electron chi connectivity index (χ1n) is 9.10. The average molecular weight is 417 g/mol. The van der Waals surface area contributed by atoms with Gasteiger partial charge in [0, 0.05) is 10.5 Å². The number of halogens is 1. The molecule has 1 amide bonds. The highest BCUT2D eigenvalue weighted by Crippen LogP contribution is 2.31. The summed E-state index contributed by atoms with van der Waals surface area (Å²) < 4.78 is 6.17. The van der Waals surface area contributed by atoms with Gasteiger partial charge in [0.1, 0.15) is 5.75 Å². The van der Waals surface area contributed by atoms with E-state index in [1.807, 2.05) is 36.4 Å². The molecule has 0 saturated carbocycles. The number of likely N-dealkylation sites (tertiary alicyclic amines) is 1. The Labute approximate surface area is 163 Å². The van der Waals surface area contributed by atoms with Gasteiger partial charge in [0.2, 0.25) is 5.91 Å². The van der Waals surface area contributed by atoms with E-state index < -0.39 is 0 Å². The van der Waals surface area contributed by atoms with Gasteiger partial charge in [-0.3, -0.25) is 9.69 Å². The molecular weight excluding hydrogens is 392 g/mol. The first-order valence-corrected chi connectivity index (χ1v) is 9.89. The lowest BCUT2D eigenvalue weighted by Crippen LogP contribution is -2.36. The van der Waals surface area contributed by atoms with Gasteiger partial charge in [-0.05, 0) is 65.1 Å². The summed E-state index contributed by atoms with van der Waals surface area (Å²) in [6.45, 7) is 1.35. The molecule has 5 heteroatoms. The first-order chi connectivity index (χ1) is 12.7. The number of nitrogens with zero attached hydrogens (tertiary/aromatic N) is 1. The Kier molecular flexibility index (Phi) is 6.69. The van der Waals surface area contributed by atoms with E-state index in [0.717, 1.165) is 35.3 Å². The zero-order chi connectivity index (χ0) is 18.4. The lowest BCUT2D eigenvalue weighted by molar-refractivity contribution is -0.117. The highest BCUT2D eigenvalue weighted by molar-refractivity contribution is 9.10. The molecule has 2 aromatic rings. The number of hydrogen-bond acceptors (Lipinski definition) is 3. The molecule has 1 atom stereocenters. The molecule has 0 unspecified atom stereocenters. The third kappa shape index (κ3) is 4.86. The summed E-state index contributed by atoms with van der Waals surface area (Å²) in [7, 11) is 1.68. The molecule has 0 radical (unpaired) electrons. The second-order valence-electron chi connectivity index (χ2n) is 6.64. The maximum absolute atomic E-state index is 12.6. The van der Waals surface area contributed by atoms with Crippen LogP contribution in [-0.2, 0) is 4.79 Å². The number of nitrogens with one attached hydrogen (secondary N) is 1. The summed E-state index contributed by atoms with van der Waals surface area (Å²) in [5.74, 6) is 0.887. The van der Waals surface area contributed by atoms with Gasteiger partial charge in [0.05, 0.1) is 19.3 Å². The predicted octanol–water partition coefficient (Wildman–Crippen LogP) is 5.01. The minimum atomic E-state index is 0.0253. The van der Waals surface area contributed by atoms with E-state index in [1.165, 1.54) is 18.4 Å². The molecule has 2 aromatic carbocycles. The number of benzene rings is 2. The maximum Gasteiger partial charge on any atom is 0.238 e. The van der Waals surface area contributed by atoms with E-state index in [9.17, 15) is 4.79 Å². The lowest BCUT2D eigenvalue weighted by Gasteiger charge is -2.30. The monoisotopic (exact) mass is 416 g/mol. The summed E-state index contributed by atoms with van der Waals surface area (Å²) in [4.78, 5) is 14.9. The van der Waals surface area contributed by atoms with Crippen molar-refractivity contribution < 1.29 is 9.53 Å². The molecule has 4 nitrogen and oxygen atoms in total. The van der Waals surface area contributed by atoms with Crippen molar-refractivity contribution in [1.82, 2.24) is 4.90 Å². The summed E-state index contributed by atoms with van der Waals surface area (Å²) in [5, 5.41) is 3.02. The average Bonchev–Trinajstić information content (AvgIpc) is 2.89. The van der Waals surface area contributed by atoms with Crippen LogP contribution in [-0.4, -0.2) is 31.0 Å². The van der Waals surface area contributed by atoms with Crippen molar-refractivity contribution in [2.24, 2.45) is 0 Å². The lowest BCUT2D eigenvalue weighted by atomic mass is 10.0. The zero-order valence-electron chi connectivity index (χ0n) is 15.1. The van der Waals surface area contributed by atoms with Crippen LogP contribution >= 0.6 is 15.9 Å². The molecule has 0 bridgehead atoms. The number of ether oxygens (including phenoxy) is 1. The Balaban J connectivity index is 1.71. The van der Waals surface area contributed by atoms with E-state index in [-0.39, 0.29) is 11.9 Å². The third-order valence-corrected chi connectivity index (χ3v) is 5.55. The Morgan fingerprint density at radius 3 is 2.65 bits per heavy atom. The van der Waals surface area contributed by atoms with Crippen molar-refractivity contribution in [1.29, 1.82) is 0 Å². The number of methoxy groups -OCH3 is 1. The smallest absolute Gasteiger partial charge is 0.238 e. The zero-order valence-corrected chi connectivity index (χ0v) is 16.7. The number of rotatable bonds is 5. The molecule has 26 heavy (non-hydrogen) atoms. The fraction of sp³-hybridized carbons (Fsp3) is 0.381. The SMILES string of the molecule is COc1ccc([C@@H]2CCCCCN2CC(=O)Nc2ccccc2Br)cc1. The molecule has 0 aliphatic carbocycles. The number of para-hydroxylation sites is 1. The van der Waals surface area contributed by atoms with Crippen molar-refractivity contribution in [3.05, 3.63) is 58.6 Å². The quantitative estimate of drug-likeness (QED) is 0.744. The van der Waals surface area contributed by atoms with Crippen LogP contribution in [0.4, 0.5) is 5.69 Å². The molecule has 1 N–H and O–H groups in total. The molecule has 0 aromatic heterocycles. The van der Waals surface area contributed by atoms with Gasteiger partial charge in [-0.1, -0.05) is 37.1 Å². The number of carbonyl (C=O) groups is 1. The van der Waals surface area contributed by atoms with Crippen LogP contribution in [0.3, 0.4) is 0 Å². The summed E-state index contributed by atoms with van der Waals surface area (Å²) in [6.07, 6.45) is 4.62. The normalized spacial score (nSPS) is 18.2. The number of hydrogen-bond donors (Lipinski definition) is 1. The Hall–Kier alpha value is -1.85. The Morgan fingerprint density at radius 1 is 1.15 bits per heavy atom. The van der Waals surface area contributed by atoms with Crippen molar-refractivity contribution in [2.75, 3.05) is 25.5 Å². The second kappa shape index (κ2) is 9.19. The minimum absolute atomic E-state index is 0.0253. The molecule has 1 aliphatic heterocycles. The summed E-state index contributed by atoms with van der Waals surface area (Å²) >= 11 is 3.48. The molecule has 1 aliphatic rings. The molecule has 1 fully saturated rings. The molecule has 1 saturated heterocycles. The van der Waals surface area contributed by atoms with Gasteiger partial charge in [-0.15, -0.1) is 0 Å². The topological polar surface area (TPSA) is 41.6 Å². The molecule has 0 spiro atoms. The first kappa shape index (κ1) is 18.9. The van der Waals surface area contributed by atoms with Crippen LogP contribution in [0.5, 0.6) is 5.75 Å². The standard InChI is InChI=1S/C21H25BrN2O2/c1-26-17-12-10-16(11-13-17)20-9-3-2-6-14-24(20)15-21(25)23-19-8-5-4-7-18(19)22/h4-5,7-8,10-13,20H,2-3,6,9,14-15H2,1H3,(H,23,25)/t20-/m0/s1. The van der Waals surface area contributed by atoms with Gasteiger partial charge < -0.3 is 10.1 Å². The highest BCUT2D eigenvalue weighted by Gasteiger charge is 2.24. The van der Waals surface area contributed by atoms with E-state index in [2.05, 4.69) is 38.3 Å². The number of carbonyl (C=O) groups excluding carboxylic acids is 1. The minimum Gasteiger partial charge on any atom is -0.497 e. The second-order valence-corrected chi connectivity index (χ2v) is 7.49. The van der Waals surface area contributed by atoms with Crippen molar-refractivity contribution >= 4 is 27.5 Å². The van der Waals surface area contributed by atoms with Crippen molar-refractivity contribution in [3.63, 3.8) is 0 Å². The Bertz CT molecular complexity index is 733. The van der Waals surface area contributed by atoms with Gasteiger partial charge >= 0.3 is 0 Å². The van der Waals surface area contributed by atoms with Crippen LogP contribution in [0.2, 0.25) is 0 Å². The van der Waals surface area contributed by atoms with Crippen LogP contribution in [0.25, 0.3) is 0 Å². The fourth-order valence-corrected chi connectivity index (χ4v) is 3.88. The highest BCUT2D eigenvalue weighted by atomic mass is 79.9.